The van der Waals surface area contributed by atoms with E-state index in [4.69, 9.17) is 9.26 Å². The SMILES string of the molecule is COC(=O)[C@]1(C)CC[C@]2(C)CC[C@@]3(C)C(=CC(=O)C4[C@@]5(C)Cc6cnoc6C(C)(C)C5CC[C@@]43C)C2C1. The number of aromatic nitrogens is 1. The molecule has 5 nitrogen and oxygen atoms in total. The maximum Gasteiger partial charge on any atom is 0.311 e. The van der Waals surface area contributed by atoms with Gasteiger partial charge in [0.15, 0.2) is 5.78 Å². The standard InChI is InChI=1S/C32H45NO4/c1-27(2)23-9-10-32(7)24(30(23,5)16-19-18-33-37-25(19)27)22(34)15-20-21-17-29(4,26(35)36-8)12-11-28(21,3)13-14-31(20,32)6/h15,18,21,23-24H,9-14,16-17H2,1-8H3/t21?,23?,24?,28-,29-,30+,31+,32+/m1/s1. The minimum absolute atomic E-state index is 0.0326. The van der Waals surface area contributed by atoms with E-state index >= 15 is 0 Å². The van der Waals surface area contributed by atoms with Gasteiger partial charge in [-0.15, -0.1) is 0 Å². The van der Waals surface area contributed by atoms with Crippen LogP contribution in [0.15, 0.2) is 22.4 Å². The molecule has 6 rings (SSSR count). The fourth-order valence-electron chi connectivity index (χ4n) is 10.9. The van der Waals surface area contributed by atoms with E-state index in [0.29, 0.717) is 11.7 Å². The van der Waals surface area contributed by atoms with Gasteiger partial charge in [-0.05, 0) is 97.9 Å². The summed E-state index contributed by atoms with van der Waals surface area (Å²) in [6, 6.07) is 0. The molecule has 0 aliphatic heterocycles. The molecule has 0 spiro atoms. The number of rotatable bonds is 1. The van der Waals surface area contributed by atoms with E-state index in [-0.39, 0.29) is 44.9 Å². The summed E-state index contributed by atoms with van der Waals surface area (Å²) in [5.41, 5.74) is 1.68. The molecule has 37 heavy (non-hydrogen) atoms. The summed E-state index contributed by atoms with van der Waals surface area (Å²) in [4.78, 5) is 27.4. The van der Waals surface area contributed by atoms with Crippen LogP contribution in [-0.4, -0.2) is 24.0 Å². The van der Waals surface area contributed by atoms with Crippen LogP contribution >= 0.6 is 0 Å². The largest absolute Gasteiger partial charge is 0.469 e. The predicted molar refractivity (Wildman–Crippen MR) is 142 cm³/mol. The van der Waals surface area contributed by atoms with Crippen molar-refractivity contribution in [2.24, 2.45) is 44.8 Å². The smallest absolute Gasteiger partial charge is 0.311 e. The van der Waals surface area contributed by atoms with Gasteiger partial charge in [0.2, 0.25) is 0 Å². The van der Waals surface area contributed by atoms with Crippen molar-refractivity contribution in [1.82, 2.24) is 5.16 Å². The Labute approximate surface area is 222 Å². The van der Waals surface area contributed by atoms with Crippen molar-refractivity contribution >= 4 is 11.8 Å². The Hall–Kier alpha value is -1.91. The molecule has 0 aromatic carbocycles. The normalized spacial score (nSPS) is 47.9. The van der Waals surface area contributed by atoms with Crippen LogP contribution in [-0.2, 0) is 26.2 Å². The number of ketones is 1. The van der Waals surface area contributed by atoms with Crippen LogP contribution in [0, 0.1) is 44.8 Å². The van der Waals surface area contributed by atoms with Gasteiger partial charge in [0, 0.05) is 16.9 Å². The van der Waals surface area contributed by atoms with E-state index in [9.17, 15) is 9.59 Å². The molecule has 5 aliphatic carbocycles. The summed E-state index contributed by atoms with van der Waals surface area (Å²) in [7, 11) is 1.51. The molecule has 0 bridgehead atoms. The lowest BCUT2D eigenvalue weighted by Gasteiger charge is -2.69. The molecular formula is C32H45NO4. The second-order valence-corrected chi connectivity index (χ2v) is 15.3. The predicted octanol–water partition coefficient (Wildman–Crippen LogP) is 6.84. The Bertz CT molecular complexity index is 1210. The molecule has 0 N–H and O–H groups in total. The molecule has 5 heteroatoms. The number of hydrogen-bond acceptors (Lipinski definition) is 5. The van der Waals surface area contributed by atoms with E-state index in [1.807, 2.05) is 6.20 Å². The van der Waals surface area contributed by atoms with Crippen molar-refractivity contribution in [2.45, 2.75) is 105 Å². The molecule has 202 valence electrons. The monoisotopic (exact) mass is 507 g/mol. The number of carbonyl (C=O) groups excluding carboxylic acids is 2. The van der Waals surface area contributed by atoms with Gasteiger partial charge in [-0.1, -0.05) is 52.3 Å². The van der Waals surface area contributed by atoms with Crippen molar-refractivity contribution in [2.75, 3.05) is 7.11 Å². The fourth-order valence-corrected chi connectivity index (χ4v) is 10.9. The highest BCUT2D eigenvalue weighted by Crippen LogP contribution is 2.74. The summed E-state index contributed by atoms with van der Waals surface area (Å²) >= 11 is 0. The summed E-state index contributed by atoms with van der Waals surface area (Å²) in [5, 5.41) is 4.19. The second kappa shape index (κ2) is 7.39. The molecule has 0 radical (unpaired) electrons. The zero-order chi connectivity index (χ0) is 26.8. The molecule has 1 aromatic rings. The van der Waals surface area contributed by atoms with Gasteiger partial charge in [0.1, 0.15) is 5.76 Å². The van der Waals surface area contributed by atoms with Crippen LogP contribution in [0.1, 0.15) is 105 Å². The third-order valence-corrected chi connectivity index (χ3v) is 13.2. The Kier molecular flexibility index (Phi) is 5.06. The van der Waals surface area contributed by atoms with Crippen LogP contribution in [0.5, 0.6) is 0 Å². The molecular weight excluding hydrogens is 462 g/mol. The van der Waals surface area contributed by atoms with Crippen LogP contribution in [0.2, 0.25) is 0 Å². The van der Waals surface area contributed by atoms with Gasteiger partial charge in [-0.2, -0.15) is 0 Å². The Morgan fingerprint density at radius 1 is 1.03 bits per heavy atom. The molecule has 0 amide bonds. The number of methoxy groups -OCH3 is 1. The first kappa shape index (κ1) is 25.4. The number of esters is 1. The van der Waals surface area contributed by atoms with Crippen molar-refractivity contribution in [1.29, 1.82) is 0 Å². The van der Waals surface area contributed by atoms with Crippen molar-refractivity contribution < 1.29 is 18.8 Å². The number of allylic oxidation sites excluding steroid dienone is 2. The van der Waals surface area contributed by atoms with Gasteiger partial charge in [0.05, 0.1) is 18.7 Å². The summed E-state index contributed by atoms with van der Waals surface area (Å²) < 4.78 is 11.1. The van der Waals surface area contributed by atoms with Gasteiger partial charge >= 0.3 is 5.97 Å². The number of carbonyl (C=O) groups is 2. The van der Waals surface area contributed by atoms with Gasteiger partial charge in [-0.3, -0.25) is 9.59 Å². The average molecular weight is 508 g/mol. The molecule has 0 saturated heterocycles. The molecule has 1 aromatic heterocycles. The third-order valence-electron chi connectivity index (χ3n) is 13.2. The molecule has 8 atom stereocenters. The van der Waals surface area contributed by atoms with E-state index < -0.39 is 5.41 Å². The first-order valence-electron chi connectivity index (χ1n) is 14.4. The lowest BCUT2D eigenvalue weighted by Crippen LogP contribution is -2.66. The first-order chi connectivity index (χ1) is 17.2. The van der Waals surface area contributed by atoms with Crippen molar-refractivity contribution in [3.8, 4) is 0 Å². The topological polar surface area (TPSA) is 69.4 Å². The van der Waals surface area contributed by atoms with Gasteiger partial charge in [-0.25, -0.2) is 0 Å². The lowest BCUT2D eigenvalue weighted by molar-refractivity contribution is -0.175. The van der Waals surface area contributed by atoms with Crippen molar-refractivity contribution in [3.63, 3.8) is 0 Å². The summed E-state index contributed by atoms with van der Waals surface area (Å²) in [6.07, 6.45) is 11.9. The van der Waals surface area contributed by atoms with Gasteiger partial charge < -0.3 is 9.26 Å². The van der Waals surface area contributed by atoms with E-state index in [2.05, 4.69) is 59.7 Å². The highest BCUT2D eigenvalue weighted by molar-refractivity contribution is 5.96. The van der Waals surface area contributed by atoms with Crippen LogP contribution in [0.4, 0.5) is 0 Å². The number of hydrogen-bond donors (Lipinski definition) is 0. The number of ether oxygens (including phenoxy) is 1. The third kappa shape index (κ3) is 2.95. The average Bonchev–Trinajstić information content (AvgIpc) is 3.29. The Morgan fingerprint density at radius 2 is 1.73 bits per heavy atom. The van der Waals surface area contributed by atoms with Crippen LogP contribution in [0.25, 0.3) is 0 Å². The minimum atomic E-state index is -0.486. The lowest BCUT2D eigenvalue weighted by atomic mass is 9.33. The Morgan fingerprint density at radius 3 is 2.43 bits per heavy atom. The molecule has 3 fully saturated rings. The van der Waals surface area contributed by atoms with Crippen LogP contribution < -0.4 is 0 Å². The zero-order valence-electron chi connectivity index (χ0n) is 24.1. The quantitative estimate of drug-likeness (QED) is 0.389. The van der Waals surface area contributed by atoms with Crippen molar-refractivity contribution in [3.05, 3.63) is 29.2 Å². The maximum absolute atomic E-state index is 14.5. The molecule has 3 saturated carbocycles. The van der Waals surface area contributed by atoms with Crippen LogP contribution in [0.3, 0.4) is 0 Å². The first-order valence-corrected chi connectivity index (χ1v) is 14.4. The van der Waals surface area contributed by atoms with E-state index in [0.717, 1.165) is 57.1 Å². The Balaban J connectivity index is 1.47. The highest BCUT2D eigenvalue weighted by Gasteiger charge is 2.70. The van der Waals surface area contributed by atoms with E-state index in [1.165, 1.54) is 18.2 Å². The molecule has 5 aliphatic rings. The maximum atomic E-state index is 14.5. The summed E-state index contributed by atoms with van der Waals surface area (Å²) in [5.74, 6) is 1.80. The van der Waals surface area contributed by atoms with Gasteiger partial charge in [0.25, 0.3) is 0 Å². The number of fused-ring (bicyclic) bond motifs is 8. The highest BCUT2D eigenvalue weighted by atomic mass is 16.5. The summed E-state index contributed by atoms with van der Waals surface area (Å²) in [6.45, 7) is 16.4. The fraction of sp³-hybridized carbons (Fsp3) is 0.781. The minimum Gasteiger partial charge on any atom is -0.469 e. The second-order valence-electron chi connectivity index (χ2n) is 15.3. The molecule has 1 heterocycles. The zero-order valence-corrected chi connectivity index (χ0v) is 24.1. The molecule has 3 unspecified atom stereocenters. The van der Waals surface area contributed by atoms with E-state index in [1.54, 1.807) is 0 Å². The number of nitrogens with zero attached hydrogens (tertiary/aromatic N) is 1.